The second kappa shape index (κ2) is 18.0. The Morgan fingerprint density at radius 2 is 1.47 bits per heavy atom. The number of carbonyl (C=O) groups excluding carboxylic acids is 2. The number of hydrogen-bond donors (Lipinski definition) is 2. The van der Waals surface area contributed by atoms with Gasteiger partial charge in [-0.1, -0.05) is 6.92 Å². The van der Waals surface area contributed by atoms with E-state index in [0.717, 1.165) is 4.90 Å². The van der Waals surface area contributed by atoms with Crippen LogP contribution in [0.25, 0.3) is 0 Å². The van der Waals surface area contributed by atoms with Crippen molar-refractivity contribution in [1.29, 1.82) is 0 Å². The molecule has 2 aromatic carbocycles. The first-order valence-corrected chi connectivity index (χ1v) is 17.6. The summed E-state index contributed by atoms with van der Waals surface area (Å²) in [6.45, 7) is 5.43. The molecule has 12 nitrogen and oxygen atoms in total. The maximum Gasteiger partial charge on any atom is 0.416 e. The molecule has 2 unspecified atom stereocenters. The minimum absolute atomic E-state index is 0.0179. The fraction of sp³-hybridized carbons (Fsp3) is 0.486. The molecule has 2 atom stereocenters. The number of ether oxygens (including phenoxy) is 4. The lowest BCUT2D eigenvalue weighted by Gasteiger charge is -2.48. The number of carbonyl (C=O) groups is 3. The van der Waals surface area contributed by atoms with Crippen LogP contribution < -0.4 is 20.1 Å². The van der Waals surface area contributed by atoms with E-state index in [1.807, 2.05) is 0 Å². The lowest BCUT2D eigenvalue weighted by molar-refractivity contribution is -0.144. The molecule has 0 fully saturated rings. The fourth-order valence-electron chi connectivity index (χ4n) is 6.23. The zero-order valence-corrected chi connectivity index (χ0v) is 30.4. The minimum Gasteiger partial charge on any atom is -0.494 e. The summed E-state index contributed by atoms with van der Waals surface area (Å²) in [6.07, 6.45) is -10.3. The molecule has 0 bridgehead atoms. The summed E-state index contributed by atoms with van der Waals surface area (Å²) < 4.78 is 104. The number of fused-ring (bicyclic) bond motifs is 1. The van der Waals surface area contributed by atoms with Gasteiger partial charge in [-0.15, -0.1) is 0 Å². The molecule has 0 aliphatic carbocycles. The molecule has 1 aliphatic heterocycles. The van der Waals surface area contributed by atoms with Crippen molar-refractivity contribution in [3.05, 3.63) is 76.4 Å². The average Bonchev–Trinajstić information content (AvgIpc) is 3.11. The number of carboxylic acid groups (broad SMARTS) is 1. The van der Waals surface area contributed by atoms with Crippen LogP contribution >= 0.6 is 0 Å². The Bertz CT molecular complexity index is 1810. The highest BCUT2D eigenvalue weighted by Gasteiger charge is 2.49. The van der Waals surface area contributed by atoms with E-state index >= 15 is 0 Å². The van der Waals surface area contributed by atoms with Crippen molar-refractivity contribution in [2.75, 3.05) is 31.3 Å². The molecule has 0 spiro atoms. The average molecular weight is 785 g/mol. The Morgan fingerprint density at radius 3 is 2.00 bits per heavy atom. The van der Waals surface area contributed by atoms with Gasteiger partial charge in [-0.25, -0.2) is 14.8 Å². The molecule has 0 radical (unpaired) electrons. The molecular formula is C37H42F6N4O8. The van der Waals surface area contributed by atoms with Crippen molar-refractivity contribution in [1.82, 2.24) is 9.97 Å². The number of nitrogens with zero attached hydrogens (tertiary/aromatic N) is 3. The molecule has 3 aromatic rings. The van der Waals surface area contributed by atoms with E-state index in [2.05, 4.69) is 9.97 Å². The summed E-state index contributed by atoms with van der Waals surface area (Å²) in [4.78, 5) is 46.3. The van der Waals surface area contributed by atoms with E-state index in [-0.39, 0.29) is 99.1 Å². The highest BCUT2D eigenvalue weighted by atomic mass is 19.4. The van der Waals surface area contributed by atoms with Crippen LogP contribution in [0.15, 0.2) is 42.6 Å². The second-order valence-corrected chi connectivity index (χ2v) is 12.7. The maximum atomic E-state index is 13.8. The highest BCUT2D eigenvalue weighted by Crippen LogP contribution is 2.45. The molecule has 0 saturated heterocycles. The number of anilines is 1. The quantitative estimate of drug-likeness (QED) is 0.0843. The molecule has 0 saturated carbocycles. The Morgan fingerprint density at radius 1 is 0.891 bits per heavy atom. The van der Waals surface area contributed by atoms with E-state index in [9.17, 15) is 45.8 Å². The van der Waals surface area contributed by atoms with Gasteiger partial charge in [0.25, 0.3) is 0 Å². The number of hydrogen-bond acceptors (Lipinski definition) is 10. The van der Waals surface area contributed by atoms with Crippen molar-refractivity contribution in [3.8, 4) is 11.5 Å². The number of esters is 2. The van der Waals surface area contributed by atoms with Gasteiger partial charge in [0.05, 0.1) is 61.1 Å². The summed E-state index contributed by atoms with van der Waals surface area (Å²) in [5.74, 6) is -1.61. The smallest absolute Gasteiger partial charge is 0.416 e. The van der Waals surface area contributed by atoms with Crippen LogP contribution in [0.2, 0.25) is 0 Å². The topological polar surface area (TPSA) is 163 Å². The van der Waals surface area contributed by atoms with Crippen LogP contribution in [-0.2, 0) is 44.3 Å². The monoisotopic (exact) mass is 784 g/mol. The van der Waals surface area contributed by atoms with Gasteiger partial charge in [0.15, 0.2) is 5.75 Å². The lowest BCUT2D eigenvalue weighted by Crippen LogP contribution is -2.64. The number of amides is 1. The van der Waals surface area contributed by atoms with E-state index in [1.54, 1.807) is 32.9 Å². The number of nitrogens with two attached hydrogens (primary N) is 1. The largest absolute Gasteiger partial charge is 0.494 e. The van der Waals surface area contributed by atoms with Crippen LogP contribution in [-0.4, -0.2) is 65.2 Å². The molecule has 300 valence electrons. The van der Waals surface area contributed by atoms with Gasteiger partial charge in [-0.05, 0) is 87.1 Å². The molecule has 1 aromatic heterocycles. The third-order valence-corrected chi connectivity index (χ3v) is 8.86. The lowest BCUT2D eigenvalue weighted by atomic mass is 9.78. The standard InChI is InChI=1S/C37H42F6N4O8/c1-4-35(44)27(19-23-18-26(11-12-29(23)47(35)34(50)51)54-13-7-9-31(48)52-5-2)33-45-21-30(55-14-8-10-32(49)53-6-3)28(46-33)17-22-15-24(36(38,39)40)20-25(16-22)37(41,42)43/h11-12,15-16,18,20-21,27H,4-10,13-14,17,19,44H2,1-3H3,(H,50,51). The summed E-state index contributed by atoms with van der Waals surface area (Å²) in [6, 6.07) is 5.88. The maximum absolute atomic E-state index is 13.8. The minimum atomic E-state index is -5.10. The first kappa shape index (κ1) is 42.6. The third-order valence-electron chi connectivity index (χ3n) is 8.86. The van der Waals surface area contributed by atoms with Gasteiger partial charge in [-0.3, -0.25) is 14.5 Å². The molecule has 3 N–H and O–H groups in total. The highest BCUT2D eigenvalue weighted by molar-refractivity contribution is 5.90. The molecule has 1 aliphatic rings. The number of benzene rings is 2. The van der Waals surface area contributed by atoms with Crippen LogP contribution in [0.1, 0.15) is 92.6 Å². The van der Waals surface area contributed by atoms with E-state index in [4.69, 9.17) is 24.7 Å². The first-order chi connectivity index (χ1) is 25.9. The Kier molecular flexibility index (Phi) is 13.9. The van der Waals surface area contributed by atoms with Crippen LogP contribution in [0, 0.1) is 0 Å². The normalized spacial score (nSPS) is 17.0. The van der Waals surface area contributed by atoms with E-state index < -0.39 is 53.5 Å². The van der Waals surface area contributed by atoms with Gasteiger partial charge >= 0.3 is 30.4 Å². The summed E-state index contributed by atoms with van der Waals surface area (Å²) >= 11 is 0. The Hall–Kier alpha value is -5.13. The van der Waals surface area contributed by atoms with Crippen LogP contribution in [0.5, 0.6) is 11.5 Å². The van der Waals surface area contributed by atoms with Crippen LogP contribution in [0.4, 0.5) is 36.8 Å². The molecule has 4 rings (SSSR count). The van der Waals surface area contributed by atoms with Gasteiger partial charge in [0, 0.05) is 19.3 Å². The summed E-state index contributed by atoms with van der Waals surface area (Å²) in [7, 11) is 0. The van der Waals surface area contributed by atoms with Crippen molar-refractivity contribution in [3.63, 3.8) is 0 Å². The van der Waals surface area contributed by atoms with Crippen molar-refractivity contribution in [2.45, 2.75) is 89.7 Å². The van der Waals surface area contributed by atoms with E-state index in [0.29, 0.717) is 29.9 Å². The molecule has 55 heavy (non-hydrogen) atoms. The number of halogens is 6. The first-order valence-electron chi connectivity index (χ1n) is 17.6. The van der Waals surface area contributed by atoms with Gasteiger partial charge in [0.1, 0.15) is 17.2 Å². The molecule has 18 heteroatoms. The zero-order valence-electron chi connectivity index (χ0n) is 30.4. The summed E-state index contributed by atoms with van der Waals surface area (Å²) in [5.41, 5.74) is 2.42. The Labute approximate surface area is 312 Å². The van der Waals surface area contributed by atoms with Gasteiger partial charge in [-0.2, -0.15) is 26.3 Å². The van der Waals surface area contributed by atoms with Gasteiger partial charge < -0.3 is 29.8 Å². The number of aromatic nitrogens is 2. The molecule has 2 heterocycles. The number of rotatable bonds is 16. The van der Waals surface area contributed by atoms with Crippen molar-refractivity contribution < 1.29 is 64.8 Å². The number of alkyl halides is 6. The molecule has 1 amide bonds. The van der Waals surface area contributed by atoms with E-state index in [1.165, 1.54) is 12.3 Å². The summed E-state index contributed by atoms with van der Waals surface area (Å²) in [5, 5.41) is 10.4. The Balaban J connectivity index is 1.75. The predicted octanol–water partition coefficient (Wildman–Crippen LogP) is 7.44. The van der Waals surface area contributed by atoms with Crippen molar-refractivity contribution >= 4 is 23.7 Å². The van der Waals surface area contributed by atoms with Gasteiger partial charge in [0.2, 0.25) is 0 Å². The fourth-order valence-corrected chi connectivity index (χ4v) is 6.23. The SMILES string of the molecule is CCOC(=O)CCCOc1ccc2c(c1)CC(c1ncc(OCCCC(=O)OCC)c(Cc3cc(C(F)(F)F)cc(C(F)(F)F)c3)n1)C(N)(CC)N2C(=O)O. The second-order valence-electron chi connectivity index (χ2n) is 12.7. The zero-order chi connectivity index (χ0) is 40.6. The molecular weight excluding hydrogens is 742 g/mol. The third kappa shape index (κ3) is 10.8. The van der Waals surface area contributed by atoms with Crippen LogP contribution in [0.3, 0.4) is 0 Å². The van der Waals surface area contributed by atoms with Crippen molar-refractivity contribution in [2.24, 2.45) is 5.73 Å². The predicted molar refractivity (Wildman–Crippen MR) is 185 cm³/mol.